The highest BCUT2D eigenvalue weighted by molar-refractivity contribution is 5.96. The molecule has 262 valence electrons. The number of hydrogen-bond acceptors (Lipinski definition) is 1. The van der Waals surface area contributed by atoms with E-state index in [-0.39, 0.29) is 5.41 Å². The summed E-state index contributed by atoms with van der Waals surface area (Å²) in [5.74, 6) is 0. The average Bonchev–Trinajstić information content (AvgIpc) is 3.75. The van der Waals surface area contributed by atoms with Crippen molar-refractivity contribution in [2.45, 2.75) is 5.41 Å². The number of fused-ring (bicyclic) bond motifs is 10. The van der Waals surface area contributed by atoms with Gasteiger partial charge in [0.15, 0.2) is 0 Å². The molecule has 56 heavy (non-hydrogen) atoms. The number of nitrogens with zero attached hydrogens (tertiary/aromatic N) is 1. The van der Waals surface area contributed by atoms with Gasteiger partial charge < -0.3 is 4.90 Å². The predicted octanol–water partition coefficient (Wildman–Crippen LogP) is 14.5. The molecular formula is C55H37N. The summed E-state index contributed by atoms with van der Waals surface area (Å²) < 4.78 is 0. The van der Waals surface area contributed by atoms with Crippen LogP contribution in [0, 0.1) is 0 Å². The van der Waals surface area contributed by atoms with Crippen LogP contribution in [0.25, 0.3) is 55.6 Å². The maximum absolute atomic E-state index is 2.47. The monoisotopic (exact) mass is 711 g/mol. The topological polar surface area (TPSA) is 3.24 Å². The van der Waals surface area contributed by atoms with E-state index in [1.54, 1.807) is 0 Å². The Balaban J connectivity index is 1.04. The molecular weight excluding hydrogens is 675 g/mol. The molecule has 0 heterocycles. The molecule has 0 saturated carbocycles. The summed E-state index contributed by atoms with van der Waals surface area (Å²) >= 11 is 0. The average molecular weight is 712 g/mol. The van der Waals surface area contributed by atoms with Gasteiger partial charge in [-0.05, 0) is 120 Å². The zero-order valence-electron chi connectivity index (χ0n) is 30.8. The van der Waals surface area contributed by atoms with E-state index in [1.807, 2.05) is 0 Å². The molecule has 0 aliphatic heterocycles. The van der Waals surface area contributed by atoms with E-state index in [0.717, 1.165) is 17.1 Å². The van der Waals surface area contributed by atoms with Crippen molar-refractivity contribution in [3.8, 4) is 55.6 Å². The van der Waals surface area contributed by atoms with Crippen LogP contribution in [0.5, 0.6) is 0 Å². The maximum atomic E-state index is 2.47. The zero-order chi connectivity index (χ0) is 37.1. The van der Waals surface area contributed by atoms with Crippen LogP contribution in [0.15, 0.2) is 224 Å². The summed E-state index contributed by atoms with van der Waals surface area (Å²) in [5.41, 5.74) is 20.9. The molecule has 11 rings (SSSR count). The van der Waals surface area contributed by atoms with Crippen molar-refractivity contribution in [3.05, 3.63) is 247 Å². The summed E-state index contributed by atoms with van der Waals surface area (Å²) in [5, 5.41) is 0. The molecule has 0 atom stereocenters. The Bertz CT molecular complexity index is 2760. The Morgan fingerprint density at radius 3 is 1.11 bits per heavy atom. The van der Waals surface area contributed by atoms with Gasteiger partial charge in [0.25, 0.3) is 0 Å². The predicted molar refractivity (Wildman–Crippen MR) is 234 cm³/mol. The van der Waals surface area contributed by atoms with E-state index in [4.69, 9.17) is 0 Å². The molecule has 9 aromatic carbocycles. The van der Waals surface area contributed by atoms with Gasteiger partial charge in [0, 0.05) is 17.1 Å². The fraction of sp³-hybridized carbons (Fsp3) is 0.0182. The van der Waals surface area contributed by atoms with Crippen LogP contribution in [-0.2, 0) is 5.41 Å². The van der Waals surface area contributed by atoms with Crippen molar-refractivity contribution in [2.75, 3.05) is 4.90 Å². The second-order valence-corrected chi connectivity index (χ2v) is 14.9. The Hall–Kier alpha value is -7.22. The molecule has 1 nitrogen and oxygen atoms in total. The fourth-order valence-corrected chi connectivity index (χ4v) is 9.43. The highest BCUT2D eigenvalue weighted by atomic mass is 15.1. The fourth-order valence-electron chi connectivity index (χ4n) is 9.43. The van der Waals surface area contributed by atoms with E-state index < -0.39 is 0 Å². The van der Waals surface area contributed by atoms with Crippen molar-refractivity contribution < 1.29 is 0 Å². The van der Waals surface area contributed by atoms with Crippen molar-refractivity contribution in [1.29, 1.82) is 0 Å². The normalized spacial score (nSPS) is 12.8. The third-order valence-electron chi connectivity index (χ3n) is 11.9. The van der Waals surface area contributed by atoms with Crippen LogP contribution in [0.2, 0.25) is 0 Å². The summed E-state index contributed by atoms with van der Waals surface area (Å²) in [4.78, 5) is 2.38. The molecule has 0 unspecified atom stereocenters. The van der Waals surface area contributed by atoms with Crippen molar-refractivity contribution in [2.24, 2.45) is 0 Å². The van der Waals surface area contributed by atoms with Gasteiger partial charge >= 0.3 is 0 Å². The minimum atomic E-state index is -0.362. The summed E-state index contributed by atoms with van der Waals surface area (Å²) in [6, 6.07) is 82.3. The summed E-state index contributed by atoms with van der Waals surface area (Å²) in [6.45, 7) is 0. The van der Waals surface area contributed by atoms with Crippen LogP contribution in [0.3, 0.4) is 0 Å². The largest absolute Gasteiger partial charge is 0.310 e. The van der Waals surface area contributed by atoms with Gasteiger partial charge in [0.05, 0.1) is 5.41 Å². The molecule has 2 aliphatic carbocycles. The second-order valence-electron chi connectivity index (χ2n) is 14.9. The van der Waals surface area contributed by atoms with Gasteiger partial charge in [-0.15, -0.1) is 0 Å². The second kappa shape index (κ2) is 13.0. The number of hydrogen-bond donors (Lipinski definition) is 0. The smallest absolute Gasteiger partial charge is 0.0725 e. The van der Waals surface area contributed by atoms with Gasteiger partial charge in [0.2, 0.25) is 0 Å². The number of benzene rings is 9. The molecule has 0 fully saturated rings. The standard InChI is InChI=1S/C55H37N/c1-3-15-38(16-4-1)41-19-13-21-45(35-41)56(46-22-14-20-42(36-46)39-17-5-2-6-18-39)44-32-29-40(30-33-44)43-31-34-50-49-25-9-12-28-53(49)55(54(50)37-43)51-26-10-7-23-47(51)48-24-8-11-27-52(48)55/h1-37H. The van der Waals surface area contributed by atoms with Crippen LogP contribution < -0.4 is 4.90 Å². The molecule has 2 aliphatic rings. The van der Waals surface area contributed by atoms with Gasteiger partial charge in [-0.3, -0.25) is 0 Å². The Morgan fingerprint density at radius 2 is 0.607 bits per heavy atom. The molecule has 0 N–H and O–H groups in total. The van der Waals surface area contributed by atoms with Gasteiger partial charge in [-0.2, -0.15) is 0 Å². The van der Waals surface area contributed by atoms with E-state index >= 15 is 0 Å². The Kier molecular flexibility index (Phi) is 7.47. The lowest BCUT2D eigenvalue weighted by Gasteiger charge is -2.30. The Morgan fingerprint density at radius 1 is 0.232 bits per heavy atom. The number of anilines is 3. The summed E-state index contributed by atoms with van der Waals surface area (Å²) in [6.07, 6.45) is 0. The maximum Gasteiger partial charge on any atom is 0.0725 e. The van der Waals surface area contributed by atoms with Crippen LogP contribution in [0.4, 0.5) is 17.1 Å². The van der Waals surface area contributed by atoms with Crippen LogP contribution >= 0.6 is 0 Å². The molecule has 1 spiro atoms. The molecule has 9 aromatic rings. The Labute approximate surface area is 328 Å². The molecule has 0 amide bonds. The third-order valence-corrected chi connectivity index (χ3v) is 11.9. The van der Waals surface area contributed by atoms with Gasteiger partial charge in [-0.25, -0.2) is 0 Å². The summed E-state index contributed by atoms with van der Waals surface area (Å²) in [7, 11) is 0. The van der Waals surface area contributed by atoms with Crippen molar-refractivity contribution >= 4 is 17.1 Å². The molecule has 0 saturated heterocycles. The lowest BCUT2D eigenvalue weighted by molar-refractivity contribution is 0.794. The van der Waals surface area contributed by atoms with Gasteiger partial charge in [-0.1, -0.05) is 182 Å². The third kappa shape index (κ3) is 4.95. The van der Waals surface area contributed by atoms with E-state index in [2.05, 4.69) is 229 Å². The van der Waals surface area contributed by atoms with Crippen LogP contribution in [0.1, 0.15) is 22.3 Å². The van der Waals surface area contributed by atoms with E-state index in [1.165, 1.54) is 77.9 Å². The quantitative estimate of drug-likeness (QED) is 0.166. The van der Waals surface area contributed by atoms with E-state index in [0.29, 0.717) is 0 Å². The minimum Gasteiger partial charge on any atom is -0.310 e. The molecule has 0 aromatic heterocycles. The van der Waals surface area contributed by atoms with Crippen LogP contribution in [-0.4, -0.2) is 0 Å². The molecule has 0 radical (unpaired) electrons. The first-order valence-corrected chi connectivity index (χ1v) is 19.4. The van der Waals surface area contributed by atoms with Crippen molar-refractivity contribution in [1.82, 2.24) is 0 Å². The SMILES string of the molecule is c1ccc(-c2cccc(N(c3ccc(-c4ccc5c(c4)C4(c6ccccc6-c6ccccc64)c4ccccc4-5)cc3)c3cccc(-c4ccccc4)c3)c2)cc1. The lowest BCUT2D eigenvalue weighted by atomic mass is 9.70. The number of rotatable bonds is 6. The first-order valence-electron chi connectivity index (χ1n) is 19.4. The highest BCUT2D eigenvalue weighted by Gasteiger charge is 2.51. The first-order chi connectivity index (χ1) is 27.8. The minimum absolute atomic E-state index is 0.362. The van der Waals surface area contributed by atoms with Crippen molar-refractivity contribution in [3.63, 3.8) is 0 Å². The zero-order valence-corrected chi connectivity index (χ0v) is 30.8. The highest BCUT2D eigenvalue weighted by Crippen LogP contribution is 2.63. The first kappa shape index (κ1) is 32.2. The van der Waals surface area contributed by atoms with E-state index in [9.17, 15) is 0 Å². The lowest BCUT2D eigenvalue weighted by Crippen LogP contribution is -2.25. The van der Waals surface area contributed by atoms with Gasteiger partial charge in [0.1, 0.15) is 0 Å². The molecule has 1 heteroatoms. The molecule has 0 bridgehead atoms.